The third-order valence-electron chi connectivity index (χ3n) is 6.13. The lowest BCUT2D eigenvalue weighted by atomic mass is 9.91. The molecule has 0 unspecified atom stereocenters. The molecule has 3 rings (SSSR count). The lowest BCUT2D eigenvalue weighted by molar-refractivity contribution is 0.0813. The summed E-state index contributed by atoms with van der Waals surface area (Å²) in [5.41, 5.74) is 2.09. The lowest BCUT2D eigenvalue weighted by Crippen LogP contribution is -2.38. The van der Waals surface area contributed by atoms with E-state index in [0.29, 0.717) is 12.5 Å². The Morgan fingerprint density at radius 1 is 0.906 bits per heavy atom. The Labute approximate surface area is 191 Å². The number of ether oxygens (including phenoxy) is 1. The van der Waals surface area contributed by atoms with Crippen LogP contribution in [0, 0.1) is 5.92 Å². The molecule has 0 radical (unpaired) electrons. The van der Waals surface area contributed by atoms with E-state index in [-0.39, 0.29) is 11.0 Å². The van der Waals surface area contributed by atoms with Gasteiger partial charge in [0, 0.05) is 13.1 Å². The van der Waals surface area contributed by atoms with E-state index < -0.39 is 10.1 Å². The summed E-state index contributed by atoms with van der Waals surface area (Å²) in [5, 5.41) is 0. The van der Waals surface area contributed by atoms with E-state index in [2.05, 4.69) is 0 Å². The number of hydrogen-bond acceptors (Lipinski definition) is 4. The minimum absolute atomic E-state index is 0.0586. The second-order valence-electron chi connectivity index (χ2n) is 8.54. The molecule has 1 N–H and O–H groups in total. The molecule has 32 heavy (non-hydrogen) atoms. The predicted molar refractivity (Wildman–Crippen MR) is 124 cm³/mol. The van der Waals surface area contributed by atoms with Crippen LogP contribution in [-0.4, -0.2) is 37.1 Å². The first-order valence-corrected chi connectivity index (χ1v) is 12.9. The fourth-order valence-electron chi connectivity index (χ4n) is 4.16. The quantitative estimate of drug-likeness (QED) is 0.376. The fourth-order valence-corrected chi connectivity index (χ4v) is 4.64. The molecule has 0 aromatic heterocycles. The molecule has 1 heterocycles. The molecule has 1 aliphatic rings. The van der Waals surface area contributed by atoms with Gasteiger partial charge < -0.3 is 9.64 Å². The maximum absolute atomic E-state index is 12.3. The van der Waals surface area contributed by atoms with Gasteiger partial charge in [-0.25, -0.2) is 4.79 Å². The van der Waals surface area contributed by atoms with Gasteiger partial charge in [0.2, 0.25) is 0 Å². The molecule has 1 fully saturated rings. The summed E-state index contributed by atoms with van der Waals surface area (Å²) in [4.78, 5) is 14.0. The molecule has 6 nitrogen and oxygen atoms in total. The van der Waals surface area contributed by atoms with E-state index in [0.717, 1.165) is 56.3 Å². The highest BCUT2D eigenvalue weighted by atomic mass is 32.2. The zero-order valence-electron chi connectivity index (χ0n) is 18.5. The van der Waals surface area contributed by atoms with Crippen LogP contribution in [0.15, 0.2) is 59.5 Å². The van der Waals surface area contributed by atoms with Crippen LogP contribution < -0.4 is 0 Å². The smallest absolute Gasteiger partial charge is 0.410 e. The van der Waals surface area contributed by atoms with Gasteiger partial charge in [-0.3, -0.25) is 4.55 Å². The molecule has 0 bridgehead atoms. The lowest BCUT2D eigenvalue weighted by Gasteiger charge is -2.31. The van der Waals surface area contributed by atoms with Gasteiger partial charge in [0.05, 0.1) is 4.90 Å². The maximum atomic E-state index is 12.3. The molecular formula is C25H33NO5S. The summed E-state index contributed by atoms with van der Waals surface area (Å²) in [6.07, 6.45) is 8.58. The van der Waals surface area contributed by atoms with E-state index in [1.54, 1.807) is 12.1 Å². The van der Waals surface area contributed by atoms with Crippen LogP contribution in [-0.2, 0) is 27.9 Å². The Hall–Kier alpha value is -2.38. The number of piperidine rings is 1. The van der Waals surface area contributed by atoms with Crippen molar-refractivity contribution in [1.29, 1.82) is 0 Å². The van der Waals surface area contributed by atoms with Gasteiger partial charge >= 0.3 is 6.09 Å². The number of benzene rings is 2. The second kappa shape index (κ2) is 12.0. The molecule has 2 aromatic carbocycles. The van der Waals surface area contributed by atoms with E-state index >= 15 is 0 Å². The Kier molecular flexibility index (Phi) is 9.11. The van der Waals surface area contributed by atoms with Crippen molar-refractivity contribution in [1.82, 2.24) is 4.90 Å². The van der Waals surface area contributed by atoms with Crippen LogP contribution >= 0.6 is 0 Å². The zero-order chi connectivity index (χ0) is 22.8. The molecule has 7 heteroatoms. The number of aryl methyl sites for hydroxylation is 1. The SMILES string of the molecule is O=C(OCc1ccccc1)N1CCC(CCCCCCc2ccc(S(=O)(=O)O)cc2)CC1. The van der Waals surface area contributed by atoms with Gasteiger partial charge in [-0.15, -0.1) is 0 Å². The van der Waals surface area contributed by atoms with Crippen molar-refractivity contribution in [2.45, 2.75) is 62.9 Å². The summed E-state index contributed by atoms with van der Waals surface area (Å²) >= 11 is 0. The maximum Gasteiger partial charge on any atom is 0.410 e. The summed E-state index contributed by atoms with van der Waals surface area (Å²) < 4.78 is 36.6. The van der Waals surface area contributed by atoms with Crippen LogP contribution in [0.1, 0.15) is 56.1 Å². The highest BCUT2D eigenvalue weighted by Crippen LogP contribution is 2.24. The van der Waals surface area contributed by atoms with Crippen molar-refractivity contribution >= 4 is 16.2 Å². The van der Waals surface area contributed by atoms with Crippen molar-refractivity contribution in [3.63, 3.8) is 0 Å². The van der Waals surface area contributed by atoms with Gasteiger partial charge in [-0.2, -0.15) is 8.42 Å². The van der Waals surface area contributed by atoms with Crippen molar-refractivity contribution < 1.29 is 22.5 Å². The van der Waals surface area contributed by atoms with E-state index in [9.17, 15) is 13.2 Å². The van der Waals surface area contributed by atoms with E-state index in [1.807, 2.05) is 35.2 Å². The highest BCUT2D eigenvalue weighted by molar-refractivity contribution is 7.85. The van der Waals surface area contributed by atoms with Gasteiger partial charge in [0.15, 0.2) is 0 Å². The van der Waals surface area contributed by atoms with Gasteiger partial charge in [-0.05, 0) is 54.9 Å². The highest BCUT2D eigenvalue weighted by Gasteiger charge is 2.23. The van der Waals surface area contributed by atoms with Crippen molar-refractivity contribution in [2.24, 2.45) is 5.92 Å². The number of likely N-dealkylation sites (tertiary alicyclic amines) is 1. The van der Waals surface area contributed by atoms with E-state index in [1.165, 1.54) is 31.4 Å². The number of hydrogen-bond donors (Lipinski definition) is 1. The molecule has 2 aromatic rings. The molecule has 1 saturated heterocycles. The minimum Gasteiger partial charge on any atom is -0.445 e. The number of carbonyl (C=O) groups excluding carboxylic acids is 1. The third kappa shape index (κ3) is 7.95. The number of unbranched alkanes of at least 4 members (excludes halogenated alkanes) is 3. The normalized spacial score (nSPS) is 15.0. The van der Waals surface area contributed by atoms with E-state index in [4.69, 9.17) is 9.29 Å². The number of rotatable bonds is 10. The van der Waals surface area contributed by atoms with Crippen LogP contribution in [0.5, 0.6) is 0 Å². The molecule has 1 aliphatic heterocycles. The number of carbonyl (C=O) groups is 1. The molecule has 0 atom stereocenters. The van der Waals surface area contributed by atoms with Crippen LogP contribution in [0.2, 0.25) is 0 Å². The Balaban J connectivity index is 1.24. The standard InChI is InChI=1S/C25H33NO5S/c27-25(31-20-23-10-6-3-7-11-23)26-18-16-22(17-19-26)9-5-2-1-4-8-21-12-14-24(15-13-21)32(28,29)30/h3,6-7,10-15,22H,1-2,4-5,8-9,16-20H2,(H,28,29,30). The van der Waals surface area contributed by atoms with Crippen LogP contribution in [0.25, 0.3) is 0 Å². The van der Waals surface area contributed by atoms with Crippen molar-refractivity contribution in [3.8, 4) is 0 Å². The fraction of sp³-hybridized carbons (Fsp3) is 0.480. The predicted octanol–water partition coefficient (Wildman–Crippen LogP) is 5.48. The van der Waals surface area contributed by atoms with Crippen LogP contribution in [0.3, 0.4) is 0 Å². The van der Waals surface area contributed by atoms with Gasteiger partial charge in [0.25, 0.3) is 10.1 Å². The Bertz CT molecular complexity index is 936. The average molecular weight is 460 g/mol. The van der Waals surface area contributed by atoms with Crippen LogP contribution in [0.4, 0.5) is 4.79 Å². The topological polar surface area (TPSA) is 83.9 Å². The minimum atomic E-state index is -4.11. The second-order valence-corrected chi connectivity index (χ2v) is 9.96. The average Bonchev–Trinajstić information content (AvgIpc) is 2.80. The third-order valence-corrected chi connectivity index (χ3v) is 6.99. The first kappa shape index (κ1) is 24.3. The van der Waals surface area contributed by atoms with Crippen molar-refractivity contribution in [3.05, 3.63) is 65.7 Å². The Morgan fingerprint density at radius 2 is 1.56 bits per heavy atom. The largest absolute Gasteiger partial charge is 0.445 e. The van der Waals surface area contributed by atoms with Crippen molar-refractivity contribution in [2.75, 3.05) is 13.1 Å². The monoisotopic (exact) mass is 459 g/mol. The summed E-state index contributed by atoms with van der Waals surface area (Å²) in [5.74, 6) is 0.682. The number of amides is 1. The molecule has 1 amide bonds. The number of nitrogens with zero attached hydrogens (tertiary/aromatic N) is 1. The molecular weight excluding hydrogens is 426 g/mol. The zero-order valence-corrected chi connectivity index (χ0v) is 19.3. The first-order valence-electron chi connectivity index (χ1n) is 11.4. The first-order chi connectivity index (χ1) is 15.4. The molecule has 0 spiro atoms. The van der Waals surface area contributed by atoms with Gasteiger partial charge in [0.1, 0.15) is 6.61 Å². The summed E-state index contributed by atoms with van der Waals surface area (Å²) in [7, 11) is -4.11. The summed E-state index contributed by atoms with van der Waals surface area (Å²) in [6, 6.07) is 16.2. The molecule has 0 aliphatic carbocycles. The Morgan fingerprint density at radius 3 is 2.22 bits per heavy atom. The molecule has 174 valence electrons. The molecule has 0 saturated carbocycles. The van der Waals surface area contributed by atoms with Gasteiger partial charge in [-0.1, -0.05) is 68.1 Å². The summed E-state index contributed by atoms with van der Waals surface area (Å²) in [6.45, 7) is 1.87.